The molecule has 3 aliphatic heterocycles. The lowest BCUT2D eigenvalue weighted by Crippen LogP contribution is -2.57. The van der Waals surface area contributed by atoms with Crippen molar-refractivity contribution in [2.45, 2.75) is 114 Å². The van der Waals surface area contributed by atoms with Crippen LogP contribution in [0.3, 0.4) is 0 Å². The van der Waals surface area contributed by atoms with Crippen LogP contribution < -0.4 is 19.5 Å². The van der Waals surface area contributed by atoms with Crippen molar-refractivity contribution in [3.63, 3.8) is 0 Å². The van der Waals surface area contributed by atoms with Crippen molar-refractivity contribution in [1.82, 2.24) is 19.9 Å². The Balaban J connectivity index is 1.17. The number of allylic oxidation sites excluding steroid dienone is 1. The van der Waals surface area contributed by atoms with Crippen LogP contribution in [0.4, 0.5) is 0 Å². The summed E-state index contributed by atoms with van der Waals surface area (Å²) in [6, 6.07) is 5.06. The van der Waals surface area contributed by atoms with Crippen LogP contribution in [0.2, 0.25) is 0 Å². The highest BCUT2D eigenvalue weighted by molar-refractivity contribution is 7.91. The van der Waals surface area contributed by atoms with Gasteiger partial charge in [-0.1, -0.05) is 38.5 Å². The molecule has 3 fully saturated rings. The van der Waals surface area contributed by atoms with E-state index in [2.05, 4.69) is 28.9 Å². The Labute approximate surface area is 288 Å². The van der Waals surface area contributed by atoms with Gasteiger partial charge in [0.1, 0.15) is 23.4 Å². The number of fused-ring (bicyclic) bond motifs is 5. The Morgan fingerprint density at radius 3 is 2.78 bits per heavy atom. The van der Waals surface area contributed by atoms with E-state index in [-0.39, 0.29) is 37.1 Å². The van der Waals surface area contributed by atoms with E-state index in [0.29, 0.717) is 37.7 Å². The van der Waals surface area contributed by atoms with E-state index in [1.165, 1.54) is 0 Å². The van der Waals surface area contributed by atoms with Gasteiger partial charge in [-0.05, 0) is 87.8 Å². The van der Waals surface area contributed by atoms with E-state index >= 15 is 0 Å². The number of nitrogens with zero attached hydrogens (tertiary/aromatic N) is 2. The Morgan fingerprint density at radius 2 is 2.00 bits per heavy atom. The molecule has 1 aromatic heterocycles. The first-order valence-electron chi connectivity index (χ1n) is 18.0. The van der Waals surface area contributed by atoms with Crippen LogP contribution in [0.15, 0.2) is 36.5 Å². The van der Waals surface area contributed by atoms with Crippen molar-refractivity contribution in [3.05, 3.63) is 42.1 Å². The molecule has 2 N–H and O–H groups in total. The molecular formula is C37H48N4O7S. The highest BCUT2D eigenvalue weighted by atomic mass is 32.2. The number of carbonyl (C=O) groups is 3. The Hall–Kier alpha value is -3.67. The summed E-state index contributed by atoms with van der Waals surface area (Å²) in [5.41, 5.74) is -0.261. The summed E-state index contributed by atoms with van der Waals surface area (Å²) in [5.74, 6) is 0.144. The molecule has 7 rings (SSSR count). The lowest BCUT2D eigenvalue weighted by atomic mass is 9.88. The minimum atomic E-state index is -3.92. The number of carbonyl (C=O) groups excluding carboxylic acids is 3. The third-order valence-corrected chi connectivity index (χ3v) is 13.7. The molecule has 5 aliphatic rings. The van der Waals surface area contributed by atoms with Crippen molar-refractivity contribution < 1.29 is 32.3 Å². The lowest BCUT2D eigenvalue weighted by Gasteiger charge is -2.28. The first kappa shape index (κ1) is 33.8. The average Bonchev–Trinajstić information content (AvgIpc) is 3.96. The zero-order chi connectivity index (χ0) is 34.6. The van der Waals surface area contributed by atoms with Crippen LogP contribution in [0.5, 0.6) is 11.6 Å². The lowest BCUT2D eigenvalue weighted by molar-refractivity contribution is -0.140. The molecule has 11 nitrogen and oxygen atoms in total. The van der Waals surface area contributed by atoms with E-state index in [0.717, 1.165) is 60.6 Å². The van der Waals surface area contributed by atoms with Gasteiger partial charge >= 0.3 is 0 Å². The monoisotopic (exact) mass is 692 g/mol. The molecule has 0 radical (unpaired) electrons. The van der Waals surface area contributed by atoms with Crippen molar-refractivity contribution in [1.29, 1.82) is 0 Å². The normalized spacial score (nSPS) is 31.9. The van der Waals surface area contributed by atoms with Gasteiger partial charge in [0.2, 0.25) is 27.7 Å². The summed E-state index contributed by atoms with van der Waals surface area (Å²) >= 11 is 0. The van der Waals surface area contributed by atoms with Crippen molar-refractivity contribution in [2.75, 3.05) is 13.2 Å². The van der Waals surface area contributed by atoms with E-state index in [4.69, 9.17) is 9.47 Å². The molecule has 2 aliphatic carbocycles. The maximum absolute atomic E-state index is 14.2. The van der Waals surface area contributed by atoms with Crippen LogP contribution in [-0.4, -0.2) is 71.6 Å². The largest absolute Gasteiger partial charge is 0.493 e. The maximum Gasteiger partial charge on any atom is 0.259 e. The minimum absolute atomic E-state index is 0.123. The van der Waals surface area contributed by atoms with Gasteiger partial charge in [0.15, 0.2) is 0 Å². The SMILES string of the molecule is CC[C@H]1CC(=O)N2C[C@H](Oc3nccc4c5c(ccc34)CCCO5)C[C@H]2C(=O)N[C@]2(C(=O)NS(=O)(=O)C3(C)CC3)CC2/C=C\CC[C@@H](C)C1. The zero-order valence-electron chi connectivity index (χ0n) is 28.7. The fourth-order valence-electron chi connectivity index (χ4n) is 7.86. The number of pyridine rings is 1. The van der Waals surface area contributed by atoms with Gasteiger partial charge in [-0.25, -0.2) is 13.4 Å². The van der Waals surface area contributed by atoms with Crippen LogP contribution in [0.1, 0.15) is 90.5 Å². The number of ether oxygens (including phenoxy) is 2. The van der Waals surface area contributed by atoms with Gasteiger partial charge in [0, 0.05) is 35.7 Å². The third kappa shape index (κ3) is 6.53. The van der Waals surface area contributed by atoms with E-state index in [9.17, 15) is 22.8 Å². The van der Waals surface area contributed by atoms with Crippen LogP contribution >= 0.6 is 0 Å². The van der Waals surface area contributed by atoms with E-state index in [1.807, 2.05) is 30.4 Å². The van der Waals surface area contributed by atoms with Gasteiger partial charge in [0.25, 0.3) is 5.91 Å². The predicted octanol–water partition coefficient (Wildman–Crippen LogP) is 4.57. The smallest absolute Gasteiger partial charge is 0.259 e. The topological polar surface area (TPSA) is 144 Å². The standard InChI is InChI=1S/C37H48N4O7S/c1-4-24-18-23(2)8-5-6-10-26-21-37(26,35(44)40-49(45,46)36(3)14-15-36)39-33(43)30-20-27(22-41(30)31(42)19-24)48-34-29-12-11-25-9-7-17-47-32(25)28(29)13-16-38-34/h6,10-13,16,23-24,26-27,30H,4-5,7-9,14-15,17-22H2,1-3H3,(H,39,43)(H,40,44)/b10-6-/t23-,24-,26?,27-,30+,37-/m1/s1. The number of hydrogen-bond donors (Lipinski definition) is 2. The van der Waals surface area contributed by atoms with Crippen molar-refractivity contribution in [3.8, 4) is 11.6 Å². The van der Waals surface area contributed by atoms with E-state index in [1.54, 1.807) is 18.0 Å². The number of rotatable bonds is 6. The summed E-state index contributed by atoms with van der Waals surface area (Å²) in [7, 11) is -3.92. The van der Waals surface area contributed by atoms with Gasteiger partial charge in [0.05, 0.1) is 17.9 Å². The maximum atomic E-state index is 14.2. The van der Waals surface area contributed by atoms with Crippen molar-refractivity contribution >= 4 is 38.5 Å². The second-order valence-corrected chi connectivity index (χ2v) is 17.4. The van der Waals surface area contributed by atoms with Crippen LogP contribution in [0.25, 0.3) is 10.8 Å². The molecule has 6 atom stereocenters. The molecule has 2 aromatic rings. The Bertz CT molecular complexity index is 1790. The van der Waals surface area contributed by atoms with Crippen LogP contribution in [-0.2, 0) is 30.8 Å². The molecule has 49 heavy (non-hydrogen) atoms. The summed E-state index contributed by atoms with van der Waals surface area (Å²) in [5, 5.41) is 4.68. The number of hydrogen-bond acceptors (Lipinski definition) is 8. The molecule has 2 saturated carbocycles. The average molecular weight is 693 g/mol. The van der Waals surface area contributed by atoms with Crippen LogP contribution in [0, 0.1) is 17.8 Å². The van der Waals surface area contributed by atoms with Crippen molar-refractivity contribution in [2.24, 2.45) is 17.8 Å². The number of aryl methyl sites for hydroxylation is 1. The summed E-state index contributed by atoms with van der Waals surface area (Å²) in [6.07, 6.45) is 12.3. The quantitative estimate of drug-likeness (QED) is 0.419. The molecule has 12 heteroatoms. The molecule has 0 spiro atoms. The highest BCUT2D eigenvalue weighted by Crippen LogP contribution is 2.48. The number of sulfonamides is 1. The minimum Gasteiger partial charge on any atom is -0.493 e. The fourth-order valence-corrected chi connectivity index (χ4v) is 9.17. The number of nitrogens with one attached hydrogen (secondary N) is 2. The number of amides is 3. The molecule has 0 bridgehead atoms. The molecule has 264 valence electrons. The molecular weight excluding hydrogens is 644 g/mol. The number of benzene rings is 1. The van der Waals surface area contributed by atoms with Gasteiger partial charge < -0.3 is 19.7 Å². The van der Waals surface area contributed by atoms with Gasteiger partial charge in [-0.2, -0.15) is 0 Å². The highest BCUT2D eigenvalue weighted by Gasteiger charge is 2.63. The molecule has 1 aromatic carbocycles. The predicted molar refractivity (Wildman–Crippen MR) is 184 cm³/mol. The van der Waals surface area contributed by atoms with Gasteiger partial charge in [-0.15, -0.1) is 0 Å². The van der Waals surface area contributed by atoms with E-state index < -0.39 is 44.3 Å². The molecule has 4 heterocycles. The summed E-state index contributed by atoms with van der Waals surface area (Å²) < 4.78 is 40.0. The molecule has 3 amide bonds. The first-order chi connectivity index (χ1) is 23.4. The summed E-state index contributed by atoms with van der Waals surface area (Å²) in [4.78, 5) is 48.1. The third-order valence-electron chi connectivity index (χ3n) is 11.5. The first-order valence-corrected chi connectivity index (χ1v) is 19.5. The molecule has 1 saturated heterocycles. The second kappa shape index (κ2) is 12.9. The number of aromatic nitrogens is 1. The molecule has 1 unspecified atom stereocenters. The Kier molecular flexibility index (Phi) is 8.90. The Morgan fingerprint density at radius 1 is 1.18 bits per heavy atom. The zero-order valence-corrected chi connectivity index (χ0v) is 29.5. The second-order valence-electron chi connectivity index (χ2n) is 15.2. The fraction of sp³-hybridized carbons (Fsp3) is 0.622. The summed E-state index contributed by atoms with van der Waals surface area (Å²) in [6.45, 7) is 6.76. The van der Waals surface area contributed by atoms with Gasteiger partial charge in [-0.3, -0.25) is 19.1 Å².